The molecule has 1 fully saturated rings. The Morgan fingerprint density at radius 2 is 2.17 bits per heavy atom. The quantitative estimate of drug-likeness (QED) is 0.824. The predicted octanol–water partition coefficient (Wildman–Crippen LogP) is 1.63. The topological polar surface area (TPSA) is 79.6 Å². The molecule has 2 amide bonds. The number of carbonyl (C=O) groups is 1. The molecule has 7 heteroatoms. The third-order valence-electron chi connectivity index (χ3n) is 4.61. The molecule has 0 unspecified atom stereocenters. The second-order valence-corrected chi connectivity index (χ2v) is 6.77. The number of urea groups is 1. The van der Waals surface area contributed by atoms with Crippen LogP contribution in [0.2, 0.25) is 0 Å². The summed E-state index contributed by atoms with van der Waals surface area (Å²) in [5.41, 5.74) is 1.95. The van der Waals surface area contributed by atoms with Crippen LogP contribution in [0.15, 0.2) is 4.52 Å². The molecule has 3 atom stereocenters. The van der Waals surface area contributed by atoms with Crippen molar-refractivity contribution in [3.05, 3.63) is 17.0 Å². The number of ether oxygens (including phenoxy) is 1. The van der Waals surface area contributed by atoms with Crippen molar-refractivity contribution in [2.24, 2.45) is 0 Å². The monoisotopic (exact) mass is 338 g/mol. The molecule has 1 aromatic rings. The lowest BCUT2D eigenvalue weighted by molar-refractivity contribution is -0.0176. The highest BCUT2D eigenvalue weighted by atomic mass is 16.5. The maximum atomic E-state index is 12.1. The van der Waals surface area contributed by atoms with E-state index in [4.69, 9.17) is 9.26 Å². The number of aryl methyl sites for hydroxylation is 2. The maximum Gasteiger partial charge on any atom is 0.315 e. The van der Waals surface area contributed by atoms with E-state index in [9.17, 15) is 4.79 Å². The Morgan fingerprint density at radius 1 is 1.42 bits per heavy atom. The molecule has 0 aromatic carbocycles. The molecular formula is C17H30N4O3. The van der Waals surface area contributed by atoms with Crippen molar-refractivity contribution in [1.29, 1.82) is 0 Å². The number of hydrogen-bond acceptors (Lipinski definition) is 5. The predicted molar refractivity (Wildman–Crippen MR) is 92.1 cm³/mol. The normalized spacial score (nSPS) is 21.3. The van der Waals surface area contributed by atoms with Gasteiger partial charge in [-0.2, -0.15) is 0 Å². The van der Waals surface area contributed by atoms with Gasteiger partial charge in [-0.25, -0.2) is 4.79 Å². The van der Waals surface area contributed by atoms with Gasteiger partial charge in [0.05, 0.1) is 18.9 Å². The van der Waals surface area contributed by atoms with Gasteiger partial charge in [0, 0.05) is 36.8 Å². The van der Waals surface area contributed by atoms with Crippen molar-refractivity contribution in [2.75, 3.05) is 26.3 Å². The van der Waals surface area contributed by atoms with Crippen molar-refractivity contribution in [1.82, 2.24) is 20.7 Å². The van der Waals surface area contributed by atoms with Gasteiger partial charge in [0.2, 0.25) is 0 Å². The summed E-state index contributed by atoms with van der Waals surface area (Å²) in [5.74, 6) is 0.816. The molecule has 0 spiro atoms. The van der Waals surface area contributed by atoms with Crippen LogP contribution in [0.25, 0.3) is 0 Å². The van der Waals surface area contributed by atoms with Crippen LogP contribution in [0.4, 0.5) is 4.79 Å². The SMILES string of the molecule is Cc1noc(C)c1C[C@H](C)NC(=O)NC[C@@H](C)N1CCOC[C@@H]1C. The highest BCUT2D eigenvalue weighted by Crippen LogP contribution is 2.14. The molecule has 136 valence electrons. The first-order valence-electron chi connectivity index (χ1n) is 8.68. The smallest absolute Gasteiger partial charge is 0.315 e. The Bertz CT molecular complexity index is 526. The van der Waals surface area contributed by atoms with Gasteiger partial charge in [-0.1, -0.05) is 5.16 Å². The molecule has 2 N–H and O–H groups in total. The molecule has 0 saturated carbocycles. The summed E-state index contributed by atoms with van der Waals surface area (Å²) in [4.78, 5) is 14.5. The second-order valence-electron chi connectivity index (χ2n) is 6.77. The lowest BCUT2D eigenvalue weighted by Crippen LogP contribution is -2.53. The van der Waals surface area contributed by atoms with E-state index < -0.39 is 0 Å². The van der Waals surface area contributed by atoms with Gasteiger partial charge in [0.15, 0.2) is 0 Å². The van der Waals surface area contributed by atoms with E-state index in [2.05, 4.69) is 34.5 Å². The van der Waals surface area contributed by atoms with Crippen LogP contribution in [0, 0.1) is 13.8 Å². The maximum absolute atomic E-state index is 12.1. The number of nitrogens with zero attached hydrogens (tertiary/aromatic N) is 2. The molecule has 0 aliphatic carbocycles. The van der Waals surface area contributed by atoms with Crippen molar-refractivity contribution in [2.45, 2.75) is 59.2 Å². The minimum atomic E-state index is -0.137. The minimum Gasteiger partial charge on any atom is -0.379 e. The van der Waals surface area contributed by atoms with Crippen LogP contribution in [-0.2, 0) is 11.2 Å². The molecule has 0 bridgehead atoms. The second kappa shape index (κ2) is 8.48. The summed E-state index contributed by atoms with van der Waals surface area (Å²) in [6, 6.07) is 0.547. The van der Waals surface area contributed by atoms with Gasteiger partial charge >= 0.3 is 6.03 Å². The third-order valence-corrected chi connectivity index (χ3v) is 4.61. The number of rotatable bonds is 6. The van der Waals surface area contributed by atoms with E-state index in [1.54, 1.807) is 0 Å². The summed E-state index contributed by atoms with van der Waals surface area (Å²) >= 11 is 0. The van der Waals surface area contributed by atoms with Gasteiger partial charge in [0.1, 0.15) is 5.76 Å². The Balaban J connectivity index is 1.74. The minimum absolute atomic E-state index is 0.0133. The Morgan fingerprint density at radius 3 is 2.79 bits per heavy atom. The van der Waals surface area contributed by atoms with Crippen LogP contribution in [-0.4, -0.2) is 60.5 Å². The van der Waals surface area contributed by atoms with Crippen LogP contribution in [0.5, 0.6) is 0 Å². The van der Waals surface area contributed by atoms with E-state index in [1.807, 2.05) is 20.8 Å². The fourth-order valence-electron chi connectivity index (χ4n) is 3.18. The lowest BCUT2D eigenvalue weighted by atomic mass is 10.1. The van der Waals surface area contributed by atoms with Crippen LogP contribution in [0.3, 0.4) is 0 Å². The van der Waals surface area contributed by atoms with Crippen LogP contribution in [0.1, 0.15) is 37.8 Å². The van der Waals surface area contributed by atoms with Gasteiger partial charge in [-0.15, -0.1) is 0 Å². The molecule has 7 nitrogen and oxygen atoms in total. The van der Waals surface area contributed by atoms with Gasteiger partial charge in [0.25, 0.3) is 0 Å². The van der Waals surface area contributed by atoms with E-state index in [0.29, 0.717) is 19.0 Å². The summed E-state index contributed by atoms with van der Waals surface area (Å²) in [7, 11) is 0. The first kappa shape index (κ1) is 18.7. The molecule has 1 aromatic heterocycles. The molecule has 1 saturated heterocycles. The number of nitrogens with one attached hydrogen (secondary N) is 2. The van der Waals surface area contributed by atoms with Gasteiger partial charge in [-0.05, 0) is 41.0 Å². The molecule has 1 aliphatic rings. The largest absolute Gasteiger partial charge is 0.379 e. The van der Waals surface area contributed by atoms with Crippen molar-refractivity contribution >= 4 is 6.03 Å². The average Bonchev–Trinajstić information content (AvgIpc) is 2.85. The molecule has 2 rings (SSSR count). The average molecular weight is 338 g/mol. The van der Waals surface area contributed by atoms with Crippen LogP contribution >= 0.6 is 0 Å². The summed E-state index contributed by atoms with van der Waals surface area (Å²) in [6.07, 6.45) is 0.713. The molecule has 2 heterocycles. The number of amides is 2. The fourth-order valence-corrected chi connectivity index (χ4v) is 3.18. The van der Waals surface area contributed by atoms with E-state index in [0.717, 1.165) is 36.8 Å². The fraction of sp³-hybridized carbons (Fsp3) is 0.765. The number of hydrogen-bond donors (Lipinski definition) is 2. The van der Waals surface area contributed by atoms with Crippen molar-refractivity contribution in [3.63, 3.8) is 0 Å². The molecule has 24 heavy (non-hydrogen) atoms. The first-order valence-corrected chi connectivity index (χ1v) is 8.68. The zero-order valence-corrected chi connectivity index (χ0v) is 15.4. The lowest BCUT2D eigenvalue weighted by Gasteiger charge is -2.37. The number of aromatic nitrogens is 1. The van der Waals surface area contributed by atoms with E-state index >= 15 is 0 Å². The highest BCUT2D eigenvalue weighted by Gasteiger charge is 2.24. The molecule has 1 aliphatic heterocycles. The van der Waals surface area contributed by atoms with E-state index in [-0.39, 0.29) is 18.1 Å². The Hall–Kier alpha value is -1.60. The van der Waals surface area contributed by atoms with Gasteiger partial charge in [-0.3, -0.25) is 4.90 Å². The molecular weight excluding hydrogens is 308 g/mol. The van der Waals surface area contributed by atoms with E-state index in [1.165, 1.54) is 0 Å². The van der Waals surface area contributed by atoms with Crippen LogP contribution < -0.4 is 10.6 Å². The van der Waals surface area contributed by atoms with Crippen molar-refractivity contribution in [3.8, 4) is 0 Å². The third kappa shape index (κ3) is 4.95. The first-order chi connectivity index (χ1) is 11.4. The van der Waals surface area contributed by atoms with Gasteiger partial charge < -0.3 is 19.9 Å². The van der Waals surface area contributed by atoms with Crippen molar-refractivity contribution < 1.29 is 14.1 Å². The molecule has 0 radical (unpaired) electrons. The zero-order chi connectivity index (χ0) is 17.7. The summed E-state index contributed by atoms with van der Waals surface area (Å²) in [6.45, 7) is 13.1. The Labute approximate surface area is 144 Å². The standard InChI is InChI=1S/C17H30N4O3/c1-11(8-16-14(4)20-24-15(16)5)19-17(22)18-9-12(2)21-6-7-23-10-13(21)3/h11-13H,6-10H2,1-5H3,(H2,18,19,22)/t11-,12+,13-/m0/s1. The highest BCUT2D eigenvalue weighted by molar-refractivity contribution is 5.74. The Kier molecular flexibility index (Phi) is 6.62. The number of carbonyl (C=O) groups excluding carboxylic acids is 1. The summed E-state index contributed by atoms with van der Waals surface area (Å²) in [5, 5.41) is 9.90. The summed E-state index contributed by atoms with van der Waals surface area (Å²) < 4.78 is 10.6. The number of morpholine rings is 1. The zero-order valence-electron chi connectivity index (χ0n) is 15.4.